The van der Waals surface area contributed by atoms with Gasteiger partial charge in [0, 0.05) is 17.8 Å². The van der Waals surface area contributed by atoms with Crippen LogP contribution < -0.4 is 15.2 Å². The highest BCUT2D eigenvalue weighted by Crippen LogP contribution is 2.31. The molecule has 0 aliphatic carbocycles. The summed E-state index contributed by atoms with van der Waals surface area (Å²) in [5, 5.41) is 0. The standard InChI is InChI=1S/C13H12FNO2/c1-16-12-4-2-3-5-13(12)17-11-7-9(14)6-10(15)8-11/h2-8H,15H2,1H3. The van der Waals surface area contributed by atoms with Gasteiger partial charge in [0.1, 0.15) is 11.6 Å². The Balaban J connectivity index is 2.31. The molecule has 0 atom stereocenters. The number of anilines is 1. The maximum atomic E-state index is 13.1. The lowest BCUT2D eigenvalue weighted by Crippen LogP contribution is -1.92. The van der Waals surface area contributed by atoms with Crippen molar-refractivity contribution in [1.29, 1.82) is 0 Å². The van der Waals surface area contributed by atoms with E-state index >= 15 is 0 Å². The van der Waals surface area contributed by atoms with Crippen molar-refractivity contribution >= 4 is 5.69 Å². The Morgan fingerprint density at radius 3 is 2.41 bits per heavy atom. The van der Waals surface area contributed by atoms with Gasteiger partial charge in [0.15, 0.2) is 11.5 Å². The number of para-hydroxylation sites is 2. The molecule has 0 aliphatic rings. The van der Waals surface area contributed by atoms with Crippen LogP contribution in [0.5, 0.6) is 17.2 Å². The number of rotatable bonds is 3. The van der Waals surface area contributed by atoms with Gasteiger partial charge in [0.25, 0.3) is 0 Å². The quantitative estimate of drug-likeness (QED) is 0.828. The number of hydrogen-bond acceptors (Lipinski definition) is 3. The lowest BCUT2D eigenvalue weighted by molar-refractivity contribution is 0.378. The average Bonchev–Trinajstić information content (AvgIpc) is 2.28. The molecule has 0 saturated heterocycles. The Morgan fingerprint density at radius 1 is 1.06 bits per heavy atom. The number of benzene rings is 2. The van der Waals surface area contributed by atoms with Crippen LogP contribution in [0.25, 0.3) is 0 Å². The van der Waals surface area contributed by atoms with Crippen molar-refractivity contribution in [2.75, 3.05) is 12.8 Å². The first-order chi connectivity index (χ1) is 8.19. The lowest BCUT2D eigenvalue weighted by Gasteiger charge is -2.10. The van der Waals surface area contributed by atoms with Gasteiger partial charge in [0.2, 0.25) is 0 Å². The largest absolute Gasteiger partial charge is 0.493 e. The maximum Gasteiger partial charge on any atom is 0.169 e. The van der Waals surface area contributed by atoms with Gasteiger partial charge in [-0.1, -0.05) is 12.1 Å². The summed E-state index contributed by atoms with van der Waals surface area (Å²) < 4.78 is 23.8. The average molecular weight is 233 g/mol. The third-order valence-electron chi connectivity index (χ3n) is 2.19. The van der Waals surface area contributed by atoms with Gasteiger partial charge in [0.05, 0.1) is 7.11 Å². The van der Waals surface area contributed by atoms with E-state index in [9.17, 15) is 4.39 Å². The molecule has 0 radical (unpaired) electrons. The van der Waals surface area contributed by atoms with Crippen molar-refractivity contribution in [3.8, 4) is 17.2 Å². The first-order valence-electron chi connectivity index (χ1n) is 5.06. The second-order valence-electron chi connectivity index (χ2n) is 3.47. The van der Waals surface area contributed by atoms with E-state index in [4.69, 9.17) is 15.2 Å². The molecule has 4 heteroatoms. The highest BCUT2D eigenvalue weighted by atomic mass is 19.1. The number of ether oxygens (including phenoxy) is 2. The normalized spacial score (nSPS) is 10.0. The van der Waals surface area contributed by atoms with Gasteiger partial charge in [-0.3, -0.25) is 0 Å². The van der Waals surface area contributed by atoms with E-state index in [1.807, 2.05) is 6.07 Å². The molecule has 88 valence electrons. The fourth-order valence-corrected chi connectivity index (χ4v) is 1.47. The van der Waals surface area contributed by atoms with E-state index in [0.717, 1.165) is 0 Å². The van der Waals surface area contributed by atoms with Crippen LogP contribution in [0, 0.1) is 5.82 Å². The summed E-state index contributed by atoms with van der Waals surface area (Å²) in [4.78, 5) is 0. The number of halogens is 1. The second kappa shape index (κ2) is 4.74. The van der Waals surface area contributed by atoms with Crippen LogP contribution in [0.15, 0.2) is 42.5 Å². The number of nitrogen functional groups attached to an aromatic ring is 1. The smallest absolute Gasteiger partial charge is 0.169 e. The Morgan fingerprint density at radius 2 is 1.76 bits per heavy atom. The molecule has 0 bridgehead atoms. The van der Waals surface area contributed by atoms with Gasteiger partial charge in [-0.25, -0.2) is 4.39 Å². The topological polar surface area (TPSA) is 44.5 Å². The van der Waals surface area contributed by atoms with E-state index in [2.05, 4.69) is 0 Å². The van der Waals surface area contributed by atoms with E-state index in [0.29, 0.717) is 22.9 Å². The van der Waals surface area contributed by atoms with Crippen molar-refractivity contribution in [3.63, 3.8) is 0 Å². The predicted molar refractivity (Wildman–Crippen MR) is 63.9 cm³/mol. The molecule has 0 aliphatic heterocycles. The zero-order valence-corrected chi connectivity index (χ0v) is 9.31. The van der Waals surface area contributed by atoms with E-state index in [1.165, 1.54) is 12.1 Å². The number of hydrogen-bond donors (Lipinski definition) is 1. The molecule has 0 unspecified atom stereocenters. The van der Waals surface area contributed by atoms with E-state index < -0.39 is 5.82 Å². The van der Waals surface area contributed by atoms with Crippen LogP contribution in [-0.4, -0.2) is 7.11 Å². The summed E-state index contributed by atoms with van der Waals surface area (Å²) in [5.74, 6) is 0.997. The predicted octanol–water partition coefficient (Wildman–Crippen LogP) is 3.21. The summed E-state index contributed by atoms with van der Waals surface area (Å²) in [5.41, 5.74) is 5.85. The summed E-state index contributed by atoms with van der Waals surface area (Å²) in [6.45, 7) is 0. The molecule has 0 saturated carbocycles. The maximum absolute atomic E-state index is 13.1. The first kappa shape index (κ1) is 11.3. The molecule has 0 aromatic heterocycles. The van der Waals surface area contributed by atoms with Crippen LogP contribution in [-0.2, 0) is 0 Å². The van der Waals surface area contributed by atoms with Gasteiger partial charge in [-0.2, -0.15) is 0 Å². The van der Waals surface area contributed by atoms with Crippen molar-refractivity contribution in [3.05, 3.63) is 48.3 Å². The molecule has 0 heterocycles. The fraction of sp³-hybridized carbons (Fsp3) is 0.0769. The third kappa shape index (κ3) is 2.66. The molecule has 3 nitrogen and oxygen atoms in total. The second-order valence-corrected chi connectivity index (χ2v) is 3.47. The molecule has 2 aromatic carbocycles. The zero-order chi connectivity index (χ0) is 12.3. The number of nitrogens with two attached hydrogens (primary N) is 1. The molecular weight excluding hydrogens is 221 g/mol. The monoisotopic (exact) mass is 233 g/mol. The van der Waals surface area contributed by atoms with Crippen LogP contribution in [0.4, 0.5) is 10.1 Å². The van der Waals surface area contributed by atoms with E-state index in [-0.39, 0.29) is 0 Å². The molecule has 2 N–H and O–H groups in total. The summed E-state index contributed by atoms with van der Waals surface area (Å²) in [6.07, 6.45) is 0. The minimum atomic E-state index is -0.435. The Hall–Kier alpha value is -2.23. The molecule has 0 amide bonds. The zero-order valence-electron chi connectivity index (χ0n) is 9.31. The third-order valence-corrected chi connectivity index (χ3v) is 2.19. The Labute approximate surface area is 98.6 Å². The lowest BCUT2D eigenvalue weighted by atomic mass is 10.3. The van der Waals surface area contributed by atoms with Crippen molar-refractivity contribution in [1.82, 2.24) is 0 Å². The van der Waals surface area contributed by atoms with Gasteiger partial charge < -0.3 is 15.2 Å². The summed E-state index contributed by atoms with van der Waals surface area (Å²) >= 11 is 0. The Bertz CT molecular complexity index is 508. The van der Waals surface area contributed by atoms with E-state index in [1.54, 1.807) is 31.4 Å². The highest BCUT2D eigenvalue weighted by molar-refractivity contribution is 5.48. The molecular formula is C13H12FNO2. The van der Waals surface area contributed by atoms with Crippen LogP contribution >= 0.6 is 0 Å². The molecule has 0 fully saturated rings. The van der Waals surface area contributed by atoms with Crippen LogP contribution in [0.3, 0.4) is 0 Å². The van der Waals surface area contributed by atoms with Gasteiger partial charge in [-0.05, 0) is 18.2 Å². The summed E-state index contributed by atoms with van der Waals surface area (Å²) in [7, 11) is 1.54. The summed E-state index contributed by atoms with van der Waals surface area (Å²) in [6, 6.07) is 11.2. The highest BCUT2D eigenvalue weighted by Gasteiger charge is 2.05. The minimum absolute atomic E-state index is 0.315. The molecule has 2 aromatic rings. The molecule has 17 heavy (non-hydrogen) atoms. The van der Waals surface area contributed by atoms with Crippen molar-refractivity contribution in [2.24, 2.45) is 0 Å². The first-order valence-corrected chi connectivity index (χ1v) is 5.06. The Kier molecular flexibility index (Phi) is 3.14. The van der Waals surface area contributed by atoms with Crippen molar-refractivity contribution < 1.29 is 13.9 Å². The fourth-order valence-electron chi connectivity index (χ4n) is 1.47. The van der Waals surface area contributed by atoms with Crippen LogP contribution in [0.1, 0.15) is 0 Å². The molecule has 0 spiro atoms. The SMILES string of the molecule is COc1ccccc1Oc1cc(N)cc(F)c1. The number of methoxy groups -OCH3 is 1. The minimum Gasteiger partial charge on any atom is -0.493 e. The van der Waals surface area contributed by atoms with Crippen molar-refractivity contribution in [2.45, 2.75) is 0 Å². The van der Waals surface area contributed by atoms with Gasteiger partial charge >= 0.3 is 0 Å². The van der Waals surface area contributed by atoms with Gasteiger partial charge in [-0.15, -0.1) is 0 Å². The molecule has 2 rings (SSSR count). The van der Waals surface area contributed by atoms with Crippen LogP contribution in [0.2, 0.25) is 0 Å².